The summed E-state index contributed by atoms with van der Waals surface area (Å²) < 4.78 is 20.0. The molecule has 5 nitrogen and oxygen atoms in total. The number of benzene rings is 2. The maximum atomic E-state index is 13.3. The maximum absolute atomic E-state index is 13.3. The predicted molar refractivity (Wildman–Crippen MR) is 97.4 cm³/mol. The van der Waals surface area contributed by atoms with Crippen molar-refractivity contribution in [3.05, 3.63) is 53.6 Å². The number of esters is 1. The third-order valence-corrected chi connectivity index (χ3v) is 4.25. The van der Waals surface area contributed by atoms with Crippen molar-refractivity contribution in [1.82, 2.24) is 9.55 Å². The van der Waals surface area contributed by atoms with Crippen molar-refractivity contribution < 1.29 is 19.0 Å². The number of hydrogen-bond acceptors (Lipinski definition) is 4. The van der Waals surface area contributed by atoms with Gasteiger partial charge in [-0.15, -0.1) is 0 Å². The molecule has 0 spiro atoms. The van der Waals surface area contributed by atoms with Gasteiger partial charge in [0.25, 0.3) is 0 Å². The molecule has 136 valence electrons. The van der Waals surface area contributed by atoms with E-state index in [1.807, 2.05) is 11.6 Å². The Morgan fingerprint density at radius 1 is 1.27 bits per heavy atom. The molecule has 1 N–H and O–H groups in total. The van der Waals surface area contributed by atoms with E-state index in [-0.39, 0.29) is 5.82 Å². The highest BCUT2D eigenvalue weighted by molar-refractivity contribution is 6.00. The molecule has 0 aliphatic rings. The minimum Gasteiger partial charge on any atom is -0.465 e. The molecule has 1 aromatic heterocycles. The minimum absolute atomic E-state index is 0.335. The highest BCUT2D eigenvalue weighted by Gasteiger charge is 2.21. The van der Waals surface area contributed by atoms with Crippen molar-refractivity contribution in [2.24, 2.45) is 7.05 Å². The van der Waals surface area contributed by atoms with E-state index in [4.69, 9.17) is 4.74 Å². The molecular weight excluding hydrogens is 335 g/mol. The van der Waals surface area contributed by atoms with Crippen molar-refractivity contribution in [3.63, 3.8) is 0 Å². The molecule has 0 saturated heterocycles. The molecule has 0 unspecified atom stereocenters. The Bertz CT molecular complexity index is 969. The van der Waals surface area contributed by atoms with Crippen LogP contribution in [0.3, 0.4) is 0 Å². The van der Waals surface area contributed by atoms with Crippen LogP contribution in [-0.4, -0.2) is 33.3 Å². The summed E-state index contributed by atoms with van der Waals surface area (Å²) in [4.78, 5) is 16.8. The fourth-order valence-electron chi connectivity index (χ4n) is 2.97. The first kappa shape index (κ1) is 18.1. The Morgan fingerprint density at radius 2 is 1.92 bits per heavy atom. The number of carbonyl (C=O) groups excluding carboxylic acids is 1. The van der Waals surface area contributed by atoms with E-state index in [0.29, 0.717) is 28.9 Å². The number of rotatable bonds is 4. The number of aromatic nitrogens is 2. The Labute approximate surface area is 151 Å². The number of halogens is 1. The number of ether oxygens (including phenoxy) is 1. The summed E-state index contributed by atoms with van der Waals surface area (Å²) in [6, 6.07) is 9.45. The smallest absolute Gasteiger partial charge is 0.337 e. The largest absolute Gasteiger partial charge is 0.465 e. The van der Waals surface area contributed by atoms with Crippen molar-refractivity contribution in [1.29, 1.82) is 0 Å². The van der Waals surface area contributed by atoms with E-state index in [9.17, 15) is 14.3 Å². The lowest BCUT2D eigenvalue weighted by Gasteiger charge is -2.16. The SMILES string of the molecule is COC(=O)c1cc(-c2ccc(F)cc2)c2nc(CC(C)(C)O)n(C)c2c1. The number of fused-ring (bicyclic) bond motifs is 1. The lowest BCUT2D eigenvalue weighted by molar-refractivity contribution is 0.0600. The molecule has 6 heteroatoms. The third-order valence-electron chi connectivity index (χ3n) is 4.25. The molecule has 3 rings (SSSR count). The van der Waals surface area contributed by atoms with Crippen molar-refractivity contribution >= 4 is 17.0 Å². The van der Waals surface area contributed by atoms with Gasteiger partial charge in [-0.3, -0.25) is 0 Å². The van der Waals surface area contributed by atoms with E-state index in [2.05, 4.69) is 4.98 Å². The molecule has 0 aliphatic carbocycles. The molecule has 26 heavy (non-hydrogen) atoms. The van der Waals surface area contributed by atoms with Crippen LogP contribution in [0, 0.1) is 5.82 Å². The normalized spacial score (nSPS) is 11.8. The second kappa shape index (κ2) is 6.53. The molecule has 3 aromatic rings. The summed E-state index contributed by atoms with van der Waals surface area (Å²) in [6.45, 7) is 3.43. The Balaban J connectivity index is 2.28. The maximum Gasteiger partial charge on any atom is 0.337 e. The third kappa shape index (κ3) is 3.46. The number of aryl methyl sites for hydroxylation is 1. The molecule has 1 heterocycles. The van der Waals surface area contributed by atoms with Crippen LogP contribution in [0.15, 0.2) is 36.4 Å². The second-order valence-corrected chi connectivity index (χ2v) is 6.97. The predicted octanol–water partition coefficient (Wildman–Crippen LogP) is 3.48. The number of aliphatic hydroxyl groups is 1. The first-order valence-electron chi connectivity index (χ1n) is 8.25. The van der Waals surface area contributed by atoms with E-state index in [1.54, 1.807) is 38.1 Å². The summed E-state index contributed by atoms with van der Waals surface area (Å²) in [7, 11) is 3.17. The van der Waals surface area contributed by atoms with Gasteiger partial charge in [0.1, 0.15) is 11.6 Å². The summed E-state index contributed by atoms with van der Waals surface area (Å²) in [6.07, 6.45) is 0.356. The van der Waals surface area contributed by atoms with E-state index in [1.165, 1.54) is 19.2 Å². The number of hydrogen-bond donors (Lipinski definition) is 1. The quantitative estimate of drug-likeness (QED) is 0.727. The Hall–Kier alpha value is -2.73. The highest BCUT2D eigenvalue weighted by Crippen LogP contribution is 2.31. The van der Waals surface area contributed by atoms with Crippen LogP contribution in [0.1, 0.15) is 30.0 Å². The van der Waals surface area contributed by atoms with Gasteiger partial charge in [-0.25, -0.2) is 14.2 Å². The Morgan fingerprint density at radius 3 is 2.50 bits per heavy atom. The molecule has 0 bridgehead atoms. The lowest BCUT2D eigenvalue weighted by Crippen LogP contribution is -2.23. The fraction of sp³-hybridized carbons (Fsp3) is 0.300. The van der Waals surface area contributed by atoms with Gasteiger partial charge in [0.05, 0.1) is 29.3 Å². The van der Waals surface area contributed by atoms with Crippen molar-refractivity contribution in [3.8, 4) is 11.1 Å². The standard InChI is InChI=1S/C20H21FN2O3/c1-20(2,25)11-17-22-18-15(12-5-7-14(21)8-6-12)9-13(19(24)26-4)10-16(18)23(17)3/h5-10,25H,11H2,1-4H3. The molecule has 0 atom stereocenters. The van der Waals surface area contributed by atoms with Gasteiger partial charge in [-0.05, 0) is 43.7 Å². The van der Waals surface area contributed by atoms with Crippen molar-refractivity contribution in [2.45, 2.75) is 25.9 Å². The van der Waals surface area contributed by atoms with Crippen LogP contribution in [0.25, 0.3) is 22.2 Å². The van der Waals surface area contributed by atoms with Gasteiger partial charge in [0.2, 0.25) is 0 Å². The first-order chi connectivity index (χ1) is 12.2. The summed E-state index contributed by atoms with van der Waals surface area (Å²) in [5.74, 6) is -0.101. The van der Waals surface area contributed by atoms with Crippen LogP contribution >= 0.6 is 0 Å². The monoisotopic (exact) mass is 356 g/mol. The summed E-state index contributed by atoms with van der Waals surface area (Å²) in [5.41, 5.74) is 2.35. The van der Waals surface area contributed by atoms with Crippen LogP contribution < -0.4 is 0 Å². The van der Waals surface area contributed by atoms with Crippen LogP contribution in [0.5, 0.6) is 0 Å². The van der Waals surface area contributed by atoms with Crippen molar-refractivity contribution in [2.75, 3.05) is 7.11 Å². The topological polar surface area (TPSA) is 64.3 Å². The van der Waals surface area contributed by atoms with Crippen LogP contribution in [-0.2, 0) is 18.2 Å². The number of nitrogens with zero attached hydrogens (tertiary/aromatic N) is 2. The van der Waals surface area contributed by atoms with Crippen LogP contribution in [0.2, 0.25) is 0 Å². The lowest BCUT2D eigenvalue weighted by atomic mass is 10.0. The zero-order valence-corrected chi connectivity index (χ0v) is 15.2. The van der Waals surface area contributed by atoms with E-state index >= 15 is 0 Å². The highest BCUT2D eigenvalue weighted by atomic mass is 19.1. The van der Waals surface area contributed by atoms with Gasteiger partial charge in [-0.2, -0.15) is 0 Å². The first-order valence-corrected chi connectivity index (χ1v) is 8.25. The molecular formula is C20H21FN2O3. The van der Waals surface area contributed by atoms with Gasteiger partial charge in [0.15, 0.2) is 0 Å². The number of methoxy groups -OCH3 is 1. The summed E-state index contributed by atoms with van der Waals surface area (Å²) >= 11 is 0. The summed E-state index contributed by atoms with van der Waals surface area (Å²) in [5, 5.41) is 10.1. The van der Waals surface area contributed by atoms with Crippen LogP contribution in [0.4, 0.5) is 4.39 Å². The molecule has 0 aliphatic heterocycles. The zero-order chi connectivity index (χ0) is 19.1. The average Bonchev–Trinajstić information content (AvgIpc) is 2.88. The number of imidazole rings is 1. The number of carbonyl (C=O) groups is 1. The zero-order valence-electron chi connectivity index (χ0n) is 15.2. The van der Waals surface area contributed by atoms with Gasteiger partial charge < -0.3 is 14.4 Å². The van der Waals surface area contributed by atoms with Gasteiger partial charge in [0, 0.05) is 19.0 Å². The molecule has 0 amide bonds. The second-order valence-electron chi connectivity index (χ2n) is 6.97. The average molecular weight is 356 g/mol. The molecule has 0 fully saturated rings. The molecule has 0 radical (unpaired) electrons. The Kier molecular flexibility index (Phi) is 4.54. The van der Waals surface area contributed by atoms with E-state index in [0.717, 1.165) is 11.1 Å². The fourth-order valence-corrected chi connectivity index (χ4v) is 2.97. The van der Waals surface area contributed by atoms with E-state index < -0.39 is 11.6 Å². The molecule has 2 aromatic carbocycles. The molecule has 0 saturated carbocycles. The van der Waals surface area contributed by atoms with Gasteiger partial charge >= 0.3 is 5.97 Å². The minimum atomic E-state index is -0.920. The van der Waals surface area contributed by atoms with Gasteiger partial charge in [-0.1, -0.05) is 12.1 Å².